The van der Waals surface area contributed by atoms with Crippen molar-refractivity contribution in [2.45, 2.75) is 39.5 Å². The molecule has 1 aromatic heterocycles. The van der Waals surface area contributed by atoms with Gasteiger partial charge in [0.25, 0.3) is 0 Å². The minimum absolute atomic E-state index is 0. The summed E-state index contributed by atoms with van der Waals surface area (Å²) >= 11 is 1.29. The first-order chi connectivity index (χ1) is 8.24. The molecule has 2 rings (SSSR count). The Morgan fingerprint density at radius 2 is 1.89 bits per heavy atom. The van der Waals surface area contributed by atoms with E-state index in [2.05, 4.69) is 24.0 Å². The van der Waals surface area contributed by atoms with Gasteiger partial charge in [0.05, 0.1) is 6.61 Å². The monoisotopic (exact) mass is 529 g/mol. The van der Waals surface area contributed by atoms with Crippen LogP contribution in [0.25, 0.3) is 0 Å². The first-order valence-corrected chi connectivity index (χ1v) is 6.71. The van der Waals surface area contributed by atoms with Gasteiger partial charge in [0.2, 0.25) is 5.97 Å². The summed E-state index contributed by atoms with van der Waals surface area (Å²) in [6.45, 7) is 3.99. The number of hydrogen-bond acceptors (Lipinski definition) is 4. The van der Waals surface area contributed by atoms with Crippen LogP contribution >= 0.6 is 11.3 Å². The van der Waals surface area contributed by atoms with Crippen LogP contribution in [0.15, 0.2) is 0 Å². The normalized spacial score (nSPS) is 13.2. The average molecular weight is 529 g/mol. The Morgan fingerprint density at radius 1 is 1.37 bits per heavy atom. The molecule has 1 aliphatic rings. The molecule has 0 atom stereocenters. The predicted molar refractivity (Wildman–Crippen MR) is 68.7 cm³/mol. The van der Waals surface area contributed by atoms with Gasteiger partial charge in [-0.15, -0.1) is 0 Å². The number of aryl methyl sites for hydroxylation is 1. The molecule has 0 bridgehead atoms. The SMILES string of the molecule is CCOC(=O)c1[c-]nc(C)s1.[CH-]1CC[CH-]CC1.[K+].[U+2]. The molecule has 0 aliphatic heterocycles. The van der Waals surface area contributed by atoms with Crippen molar-refractivity contribution in [3.05, 3.63) is 28.9 Å². The van der Waals surface area contributed by atoms with Crippen molar-refractivity contribution < 1.29 is 92.0 Å². The molecular formula is C13H18KNO2SU. The summed E-state index contributed by atoms with van der Waals surface area (Å²) in [6, 6.07) is 0. The number of carbonyl (C=O) groups is 1. The number of thiazole rings is 1. The van der Waals surface area contributed by atoms with Crippen molar-refractivity contribution in [3.8, 4) is 0 Å². The van der Waals surface area contributed by atoms with Gasteiger partial charge >= 0.3 is 82.5 Å². The first-order valence-electron chi connectivity index (χ1n) is 5.89. The second-order valence-corrected chi connectivity index (χ2v) is 4.83. The Labute approximate surface area is 186 Å². The zero-order valence-corrected chi connectivity index (χ0v) is 20.0. The summed E-state index contributed by atoms with van der Waals surface area (Å²) in [6.07, 6.45) is 12.6. The summed E-state index contributed by atoms with van der Waals surface area (Å²) in [5.74, 6) is -0.335. The van der Waals surface area contributed by atoms with E-state index in [0.717, 1.165) is 5.01 Å². The number of aromatic nitrogens is 1. The molecule has 19 heavy (non-hydrogen) atoms. The van der Waals surface area contributed by atoms with Crippen LogP contribution < -0.4 is 51.4 Å². The van der Waals surface area contributed by atoms with Crippen LogP contribution in [0.4, 0.5) is 0 Å². The smallest absolute Gasteiger partial charge is 0.518 e. The van der Waals surface area contributed by atoms with Crippen molar-refractivity contribution in [2.75, 3.05) is 6.61 Å². The fourth-order valence-corrected chi connectivity index (χ4v) is 1.99. The largest absolute Gasteiger partial charge is 2.00 e. The fraction of sp³-hybridized carbons (Fsp3) is 0.538. The van der Waals surface area contributed by atoms with Crippen LogP contribution in [0.1, 0.15) is 47.3 Å². The van der Waals surface area contributed by atoms with Crippen LogP contribution in [0.3, 0.4) is 0 Å². The van der Waals surface area contributed by atoms with Gasteiger partial charge in [0.1, 0.15) is 0 Å². The van der Waals surface area contributed by atoms with E-state index >= 15 is 0 Å². The number of carbonyl (C=O) groups excluding carboxylic acids is 1. The van der Waals surface area contributed by atoms with E-state index in [1.807, 2.05) is 6.92 Å². The van der Waals surface area contributed by atoms with Gasteiger partial charge in [0, 0.05) is 4.88 Å². The molecule has 98 valence electrons. The molecule has 0 aromatic carbocycles. The summed E-state index contributed by atoms with van der Waals surface area (Å²) < 4.78 is 4.74. The Kier molecular flexibility index (Phi) is 17.9. The molecule has 1 heterocycles. The van der Waals surface area contributed by atoms with Gasteiger partial charge in [-0.25, -0.2) is 37.0 Å². The molecule has 6 heteroatoms. The first kappa shape index (κ1) is 23.1. The van der Waals surface area contributed by atoms with Crippen molar-refractivity contribution >= 4 is 17.3 Å². The summed E-state index contributed by atoms with van der Waals surface area (Å²) in [5, 5.41) is 0.827. The van der Waals surface area contributed by atoms with Crippen LogP contribution in [-0.4, -0.2) is 17.6 Å². The van der Waals surface area contributed by atoms with E-state index in [4.69, 9.17) is 4.74 Å². The second kappa shape index (κ2) is 14.7. The zero-order valence-electron chi connectivity index (χ0n) is 11.9. The van der Waals surface area contributed by atoms with E-state index in [-0.39, 0.29) is 88.5 Å². The van der Waals surface area contributed by atoms with E-state index in [9.17, 15) is 4.79 Å². The van der Waals surface area contributed by atoms with Crippen LogP contribution in [0.5, 0.6) is 0 Å². The molecule has 0 unspecified atom stereocenters. The van der Waals surface area contributed by atoms with Crippen LogP contribution in [-0.2, 0) is 4.74 Å². The maximum absolute atomic E-state index is 11.0. The molecular weight excluding hydrogens is 511 g/mol. The van der Waals surface area contributed by atoms with Crippen molar-refractivity contribution in [1.82, 2.24) is 4.98 Å². The van der Waals surface area contributed by atoms with Gasteiger partial charge in [-0.3, -0.25) is 0 Å². The fourth-order valence-electron chi connectivity index (χ4n) is 1.37. The number of hydrogen-bond donors (Lipinski definition) is 0. The molecule has 0 radical (unpaired) electrons. The molecule has 1 aliphatic carbocycles. The zero-order chi connectivity index (χ0) is 12.5. The molecule has 1 fully saturated rings. The maximum atomic E-state index is 11.0. The van der Waals surface area contributed by atoms with E-state index in [1.54, 1.807) is 6.92 Å². The Hall–Kier alpha value is 1.79. The van der Waals surface area contributed by atoms with E-state index in [1.165, 1.54) is 37.0 Å². The van der Waals surface area contributed by atoms with Gasteiger partial charge in [0.15, 0.2) is 0 Å². The minimum Gasteiger partial charge on any atom is -0.518 e. The van der Waals surface area contributed by atoms with Crippen molar-refractivity contribution in [2.24, 2.45) is 0 Å². The quantitative estimate of drug-likeness (QED) is 0.317. The molecule has 1 aromatic rings. The second-order valence-electron chi connectivity index (χ2n) is 3.63. The van der Waals surface area contributed by atoms with Gasteiger partial charge in [-0.05, 0) is 11.9 Å². The number of nitrogens with zero attached hydrogens (tertiary/aromatic N) is 1. The van der Waals surface area contributed by atoms with Crippen molar-refractivity contribution in [3.63, 3.8) is 0 Å². The van der Waals surface area contributed by atoms with Crippen LogP contribution in [0, 0.1) is 57.1 Å². The molecule has 0 amide bonds. The van der Waals surface area contributed by atoms with Gasteiger partial charge in [-0.1, -0.05) is 13.1 Å². The Balaban J connectivity index is 0. The van der Waals surface area contributed by atoms with Gasteiger partial charge in [-0.2, -0.15) is 0 Å². The topological polar surface area (TPSA) is 39.2 Å². The Morgan fingerprint density at radius 3 is 2.21 bits per heavy atom. The third-order valence-electron chi connectivity index (χ3n) is 2.18. The molecule has 3 nitrogen and oxygen atoms in total. The van der Waals surface area contributed by atoms with Crippen molar-refractivity contribution in [1.29, 1.82) is 0 Å². The minimum atomic E-state index is -0.335. The third kappa shape index (κ3) is 11.1. The van der Waals surface area contributed by atoms with E-state index in [0.29, 0.717) is 11.5 Å². The summed E-state index contributed by atoms with van der Waals surface area (Å²) in [4.78, 5) is 15.2. The van der Waals surface area contributed by atoms with E-state index < -0.39 is 0 Å². The number of ether oxygens (including phenoxy) is 1. The number of rotatable bonds is 2. The average Bonchev–Trinajstić information content (AvgIpc) is 2.79. The number of esters is 1. The maximum Gasteiger partial charge on any atom is 2.00 e. The van der Waals surface area contributed by atoms with Crippen LogP contribution in [0.2, 0.25) is 0 Å². The predicted octanol–water partition coefficient (Wildman–Crippen LogP) is 0.401. The summed E-state index contributed by atoms with van der Waals surface area (Å²) in [5.41, 5.74) is 0. The summed E-state index contributed by atoms with van der Waals surface area (Å²) in [7, 11) is 0. The van der Waals surface area contributed by atoms with Gasteiger partial charge < -0.3 is 27.4 Å². The standard InChI is InChI=1S/C7H8NO2S.C6H10.K.U/c1-3-10-7(9)6-4-8-5(2)11-6;1-2-4-6-5-3-1;;/h3H2,1-2H3;1,6H,2-5H2;;/q-1;-2;+1;+2. The molecule has 0 N–H and O–H groups in total. The molecule has 1 saturated carbocycles. The Bertz CT molecular complexity index is 332. The third-order valence-corrected chi connectivity index (χ3v) is 3.02. The molecule has 0 spiro atoms. The molecule has 0 saturated heterocycles.